The smallest absolute Gasteiger partial charge is 0.145 e. The zero-order chi connectivity index (χ0) is 14.5. The first-order valence-electron chi connectivity index (χ1n) is 7.17. The number of aromatic nitrogens is 2. The van der Waals surface area contributed by atoms with Gasteiger partial charge in [0.15, 0.2) is 0 Å². The van der Waals surface area contributed by atoms with Gasteiger partial charge in [-0.1, -0.05) is 50.6 Å². The number of rotatable bonds is 6. The van der Waals surface area contributed by atoms with Crippen LogP contribution in [-0.4, -0.2) is 15.6 Å². The third-order valence-corrected chi connectivity index (χ3v) is 3.86. The van der Waals surface area contributed by atoms with Crippen LogP contribution in [0.1, 0.15) is 37.3 Å². The van der Waals surface area contributed by atoms with Crippen LogP contribution in [0.3, 0.4) is 0 Å². The van der Waals surface area contributed by atoms with Crippen LogP contribution in [-0.2, 0) is 18.3 Å². The predicted molar refractivity (Wildman–Crippen MR) is 80.6 cm³/mol. The number of Topliss-reactive ketones (excluding diaryl/α,β-unsaturated/α-hetero) is 1. The van der Waals surface area contributed by atoms with Gasteiger partial charge in [-0.05, 0) is 17.0 Å². The van der Waals surface area contributed by atoms with E-state index in [0.717, 1.165) is 17.5 Å². The zero-order valence-electron chi connectivity index (χ0n) is 12.4. The molecule has 0 spiro atoms. The minimum absolute atomic E-state index is 0.0265. The van der Waals surface area contributed by atoms with Crippen LogP contribution in [0.15, 0.2) is 42.7 Å². The summed E-state index contributed by atoms with van der Waals surface area (Å²) in [5, 5.41) is 4.13. The molecular weight excluding hydrogens is 248 g/mol. The number of aryl methyl sites for hydroxylation is 1. The standard InChI is InChI=1S/C17H22N2O/c1-4-13(2)17(15-8-6-5-7-9-15)16(20)10-14-11-18-19(3)12-14/h5-9,11-13,17H,4,10H2,1-3H3. The highest BCUT2D eigenvalue weighted by molar-refractivity contribution is 5.87. The second kappa shape index (κ2) is 6.51. The summed E-state index contributed by atoms with van der Waals surface area (Å²) in [5.74, 6) is 0.599. The monoisotopic (exact) mass is 270 g/mol. The van der Waals surface area contributed by atoms with Gasteiger partial charge in [-0.3, -0.25) is 9.48 Å². The van der Waals surface area contributed by atoms with Gasteiger partial charge in [0.1, 0.15) is 5.78 Å². The zero-order valence-corrected chi connectivity index (χ0v) is 12.4. The van der Waals surface area contributed by atoms with Crippen LogP contribution in [0.4, 0.5) is 0 Å². The highest BCUT2D eigenvalue weighted by atomic mass is 16.1. The van der Waals surface area contributed by atoms with Crippen molar-refractivity contribution < 1.29 is 4.79 Å². The second-order valence-electron chi connectivity index (χ2n) is 5.44. The average Bonchev–Trinajstić information content (AvgIpc) is 2.85. The molecule has 2 unspecified atom stereocenters. The predicted octanol–water partition coefficient (Wildman–Crippen LogP) is 3.36. The van der Waals surface area contributed by atoms with Gasteiger partial charge in [-0.2, -0.15) is 5.10 Å². The van der Waals surface area contributed by atoms with Crippen molar-refractivity contribution in [2.24, 2.45) is 13.0 Å². The summed E-state index contributed by atoms with van der Waals surface area (Å²) in [6, 6.07) is 10.1. The Hall–Kier alpha value is -1.90. The molecule has 0 amide bonds. The van der Waals surface area contributed by atoms with E-state index in [9.17, 15) is 4.79 Å². The molecule has 2 rings (SSSR count). The van der Waals surface area contributed by atoms with Crippen LogP contribution >= 0.6 is 0 Å². The third-order valence-electron chi connectivity index (χ3n) is 3.86. The maximum Gasteiger partial charge on any atom is 0.145 e. The van der Waals surface area contributed by atoms with Crippen LogP contribution < -0.4 is 0 Å². The van der Waals surface area contributed by atoms with Gasteiger partial charge in [-0.25, -0.2) is 0 Å². The lowest BCUT2D eigenvalue weighted by molar-refractivity contribution is -0.120. The maximum atomic E-state index is 12.7. The number of benzene rings is 1. The fourth-order valence-corrected chi connectivity index (χ4v) is 2.60. The van der Waals surface area contributed by atoms with Crippen molar-refractivity contribution in [3.8, 4) is 0 Å². The Morgan fingerprint density at radius 2 is 2.00 bits per heavy atom. The molecule has 0 N–H and O–H groups in total. The van der Waals surface area contributed by atoms with Crippen molar-refractivity contribution >= 4 is 5.78 Å². The van der Waals surface area contributed by atoms with Gasteiger partial charge in [0.05, 0.1) is 6.20 Å². The topological polar surface area (TPSA) is 34.9 Å². The average molecular weight is 270 g/mol. The van der Waals surface area contributed by atoms with Crippen molar-refractivity contribution in [2.75, 3.05) is 0 Å². The molecule has 2 aromatic rings. The van der Waals surface area contributed by atoms with Crippen LogP contribution in [0.25, 0.3) is 0 Å². The second-order valence-corrected chi connectivity index (χ2v) is 5.44. The summed E-state index contributed by atoms with van der Waals surface area (Å²) in [6.45, 7) is 4.29. The molecule has 2 atom stereocenters. The van der Waals surface area contributed by atoms with Crippen molar-refractivity contribution in [1.82, 2.24) is 9.78 Å². The number of hydrogen-bond donors (Lipinski definition) is 0. The van der Waals surface area contributed by atoms with E-state index in [1.165, 1.54) is 0 Å². The molecule has 0 radical (unpaired) electrons. The molecule has 0 aliphatic carbocycles. The Balaban J connectivity index is 2.20. The van der Waals surface area contributed by atoms with Crippen LogP contribution in [0.5, 0.6) is 0 Å². The summed E-state index contributed by atoms with van der Waals surface area (Å²) in [5.41, 5.74) is 2.11. The lowest BCUT2D eigenvalue weighted by Gasteiger charge is -2.22. The minimum atomic E-state index is -0.0265. The molecule has 1 aromatic carbocycles. The molecule has 3 nitrogen and oxygen atoms in total. The number of ketones is 1. The summed E-state index contributed by atoms with van der Waals surface area (Å²) in [4.78, 5) is 12.7. The largest absolute Gasteiger partial charge is 0.299 e. The number of hydrogen-bond acceptors (Lipinski definition) is 2. The molecule has 1 aromatic heterocycles. The van der Waals surface area contributed by atoms with E-state index in [-0.39, 0.29) is 11.7 Å². The summed E-state index contributed by atoms with van der Waals surface area (Å²) in [7, 11) is 1.87. The van der Waals surface area contributed by atoms with E-state index in [0.29, 0.717) is 12.3 Å². The Bertz CT molecular complexity index is 559. The molecule has 0 aliphatic rings. The van der Waals surface area contributed by atoms with E-state index in [4.69, 9.17) is 0 Å². The van der Waals surface area contributed by atoms with Gasteiger partial charge in [0.2, 0.25) is 0 Å². The summed E-state index contributed by atoms with van der Waals surface area (Å²) < 4.78 is 1.74. The fraction of sp³-hybridized carbons (Fsp3) is 0.412. The molecule has 0 saturated carbocycles. The van der Waals surface area contributed by atoms with Crippen molar-refractivity contribution in [1.29, 1.82) is 0 Å². The third kappa shape index (κ3) is 3.35. The highest BCUT2D eigenvalue weighted by Crippen LogP contribution is 2.29. The normalized spacial score (nSPS) is 13.9. The molecule has 3 heteroatoms. The van der Waals surface area contributed by atoms with Gasteiger partial charge < -0.3 is 0 Å². The molecule has 0 bridgehead atoms. The van der Waals surface area contributed by atoms with E-state index in [2.05, 4.69) is 31.1 Å². The highest BCUT2D eigenvalue weighted by Gasteiger charge is 2.25. The van der Waals surface area contributed by atoms with E-state index < -0.39 is 0 Å². The maximum absolute atomic E-state index is 12.7. The van der Waals surface area contributed by atoms with Crippen LogP contribution in [0.2, 0.25) is 0 Å². The van der Waals surface area contributed by atoms with E-state index >= 15 is 0 Å². The lowest BCUT2D eigenvalue weighted by Crippen LogP contribution is -2.21. The molecule has 20 heavy (non-hydrogen) atoms. The molecule has 0 fully saturated rings. The van der Waals surface area contributed by atoms with Gasteiger partial charge in [0.25, 0.3) is 0 Å². The Kier molecular flexibility index (Phi) is 4.72. The van der Waals surface area contributed by atoms with Gasteiger partial charge in [0, 0.05) is 25.6 Å². The van der Waals surface area contributed by atoms with Gasteiger partial charge >= 0.3 is 0 Å². The van der Waals surface area contributed by atoms with Crippen LogP contribution in [0, 0.1) is 5.92 Å². The summed E-state index contributed by atoms with van der Waals surface area (Å²) >= 11 is 0. The molecular formula is C17H22N2O. The number of carbonyl (C=O) groups is 1. The first-order valence-corrected chi connectivity index (χ1v) is 7.17. The molecule has 1 heterocycles. The molecule has 0 aliphatic heterocycles. The Morgan fingerprint density at radius 3 is 2.55 bits per heavy atom. The fourth-order valence-electron chi connectivity index (χ4n) is 2.60. The number of carbonyl (C=O) groups excluding carboxylic acids is 1. The minimum Gasteiger partial charge on any atom is -0.299 e. The first-order chi connectivity index (χ1) is 9.61. The molecule has 106 valence electrons. The number of nitrogens with zero attached hydrogens (tertiary/aromatic N) is 2. The SMILES string of the molecule is CCC(C)C(C(=O)Cc1cnn(C)c1)c1ccccc1. The van der Waals surface area contributed by atoms with Crippen molar-refractivity contribution in [3.63, 3.8) is 0 Å². The van der Waals surface area contributed by atoms with Gasteiger partial charge in [-0.15, -0.1) is 0 Å². The van der Waals surface area contributed by atoms with Crippen molar-refractivity contribution in [2.45, 2.75) is 32.6 Å². The molecule has 0 saturated heterocycles. The Labute approximate surface area is 120 Å². The summed E-state index contributed by atoms with van der Waals surface area (Å²) in [6.07, 6.45) is 5.14. The van der Waals surface area contributed by atoms with Crippen molar-refractivity contribution in [3.05, 3.63) is 53.9 Å². The van der Waals surface area contributed by atoms with E-state index in [1.807, 2.05) is 31.4 Å². The Morgan fingerprint density at radius 1 is 1.30 bits per heavy atom. The first kappa shape index (κ1) is 14.5. The lowest BCUT2D eigenvalue weighted by atomic mass is 9.81. The van der Waals surface area contributed by atoms with E-state index in [1.54, 1.807) is 10.9 Å². The quantitative estimate of drug-likeness (QED) is 0.806.